The molecule has 0 aliphatic carbocycles. The lowest BCUT2D eigenvalue weighted by Crippen LogP contribution is -2.05. The molecule has 0 radical (unpaired) electrons. The smallest absolute Gasteiger partial charge is 0.134 e. The third kappa shape index (κ3) is 3.57. The summed E-state index contributed by atoms with van der Waals surface area (Å²) in [6.45, 7) is 1.44. The molecular formula is C13H13Br2NOS. The molecule has 2 aromatic rings. The molecule has 1 aromatic carbocycles. The van der Waals surface area contributed by atoms with E-state index in [9.17, 15) is 0 Å². The van der Waals surface area contributed by atoms with Crippen molar-refractivity contribution >= 4 is 43.2 Å². The van der Waals surface area contributed by atoms with Gasteiger partial charge in [0.15, 0.2) is 0 Å². The summed E-state index contributed by atoms with van der Waals surface area (Å²) in [5.74, 6) is 0.871. The second-order valence-electron chi connectivity index (χ2n) is 3.78. The van der Waals surface area contributed by atoms with Crippen LogP contribution >= 0.6 is 43.2 Å². The SMILES string of the molecule is CNCc1ccc(OCc2sccc2Br)c(Br)c1. The number of nitrogens with one attached hydrogen (secondary N) is 1. The Labute approximate surface area is 128 Å². The van der Waals surface area contributed by atoms with Gasteiger partial charge in [0.1, 0.15) is 12.4 Å². The van der Waals surface area contributed by atoms with E-state index in [1.807, 2.05) is 24.6 Å². The van der Waals surface area contributed by atoms with Crippen LogP contribution in [0.3, 0.4) is 0 Å². The third-order valence-corrected chi connectivity index (χ3v) is 4.95. The van der Waals surface area contributed by atoms with Crippen LogP contribution in [0.4, 0.5) is 0 Å². The summed E-state index contributed by atoms with van der Waals surface area (Å²) in [6.07, 6.45) is 0. The summed E-state index contributed by atoms with van der Waals surface area (Å²) >= 11 is 8.73. The molecule has 2 nitrogen and oxygen atoms in total. The second-order valence-corrected chi connectivity index (χ2v) is 6.48. The summed E-state index contributed by atoms with van der Waals surface area (Å²) in [5.41, 5.74) is 1.23. The van der Waals surface area contributed by atoms with Gasteiger partial charge >= 0.3 is 0 Å². The van der Waals surface area contributed by atoms with Gasteiger partial charge in [-0.05, 0) is 68.1 Å². The van der Waals surface area contributed by atoms with Gasteiger partial charge < -0.3 is 10.1 Å². The van der Waals surface area contributed by atoms with E-state index >= 15 is 0 Å². The minimum absolute atomic E-state index is 0.586. The normalized spacial score (nSPS) is 10.6. The monoisotopic (exact) mass is 389 g/mol. The van der Waals surface area contributed by atoms with Gasteiger partial charge in [0.2, 0.25) is 0 Å². The van der Waals surface area contributed by atoms with Crippen LogP contribution in [-0.4, -0.2) is 7.05 Å². The van der Waals surface area contributed by atoms with E-state index in [2.05, 4.69) is 49.3 Å². The maximum absolute atomic E-state index is 5.81. The lowest BCUT2D eigenvalue weighted by atomic mass is 10.2. The average Bonchev–Trinajstić information content (AvgIpc) is 2.74. The minimum atomic E-state index is 0.586. The molecule has 0 saturated heterocycles. The van der Waals surface area contributed by atoms with Gasteiger partial charge in [0.05, 0.1) is 9.35 Å². The van der Waals surface area contributed by atoms with Crippen molar-refractivity contribution in [1.82, 2.24) is 5.32 Å². The Hall–Kier alpha value is -0.360. The Morgan fingerprint density at radius 1 is 1.22 bits per heavy atom. The molecule has 1 aromatic heterocycles. The first-order chi connectivity index (χ1) is 8.70. The first-order valence-electron chi connectivity index (χ1n) is 5.48. The molecule has 0 unspecified atom stereocenters. The van der Waals surface area contributed by atoms with Gasteiger partial charge in [-0.2, -0.15) is 0 Å². The van der Waals surface area contributed by atoms with Crippen molar-refractivity contribution in [2.24, 2.45) is 0 Å². The van der Waals surface area contributed by atoms with Crippen LogP contribution in [0, 0.1) is 0 Å². The van der Waals surface area contributed by atoms with Crippen LogP contribution in [0.2, 0.25) is 0 Å². The van der Waals surface area contributed by atoms with Crippen molar-refractivity contribution in [3.8, 4) is 5.75 Å². The predicted octanol–water partition coefficient (Wildman–Crippen LogP) is 4.57. The molecule has 0 atom stereocenters. The molecule has 0 spiro atoms. The van der Waals surface area contributed by atoms with E-state index < -0.39 is 0 Å². The fourth-order valence-electron chi connectivity index (χ4n) is 1.55. The maximum atomic E-state index is 5.81. The van der Waals surface area contributed by atoms with Crippen molar-refractivity contribution < 1.29 is 4.74 Å². The molecular weight excluding hydrogens is 378 g/mol. The fourth-order valence-corrected chi connectivity index (χ4v) is 3.47. The lowest BCUT2D eigenvalue weighted by Gasteiger charge is -2.09. The van der Waals surface area contributed by atoms with Gasteiger partial charge in [-0.1, -0.05) is 6.07 Å². The van der Waals surface area contributed by atoms with Crippen LogP contribution in [-0.2, 0) is 13.2 Å². The molecule has 0 aliphatic heterocycles. The molecule has 1 N–H and O–H groups in total. The van der Waals surface area contributed by atoms with E-state index in [1.165, 1.54) is 10.4 Å². The van der Waals surface area contributed by atoms with Gasteiger partial charge in [-0.3, -0.25) is 0 Å². The highest BCUT2D eigenvalue weighted by Crippen LogP contribution is 2.29. The number of ether oxygens (including phenoxy) is 1. The highest BCUT2D eigenvalue weighted by Gasteiger charge is 2.05. The summed E-state index contributed by atoms with van der Waals surface area (Å²) in [4.78, 5) is 1.20. The van der Waals surface area contributed by atoms with Crippen LogP contribution in [0.25, 0.3) is 0 Å². The topological polar surface area (TPSA) is 21.3 Å². The Bertz CT molecular complexity index is 527. The number of hydrogen-bond donors (Lipinski definition) is 1. The zero-order chi connectivity index (χ0) is 13.0. The Morgan fingerprint density at radius 2 is 2.06 bits per heavy atom. The van der Waals surface area contributed by atoms with Crippen molar-refractivity contribution in [2.45, 2.75) is 13.2 Å². The first kappa shape index (κ1) is 14.1. The van der Waals surface area contributed by atoms with E-state index in [0.717, 1.165) is 21.2 Å². The van der Waals surface area contributed by atoms with Crippen molar-refractivity contribution in [3.63, 3.8) is 0 Å². The average molecular weight is 391 g/mol. The number of halogens is 2. The highest BCUT2D eigenvalue weighted by molar-refractivity contribution is 9.10. The molecule has 5 heteroatoms. The lowest BCUT2D eigenvalue weighted by molar-refractivity contribution is 0.307. The second kappa shape index (κ2) is 6.70. The molecule has 1 heterocycles. The van der Waals surface area contributed by atoms with E-state index in [4.69, 9.17) is 4.74 Å². The molecule has 0 amide bonds. The standard InChI is InChI=1S/C13H13Br2NOS/c1-16-7-9-2-3-12(11(15)6-9)17-8-13-10(14)4-5-18-13/h2-6,16H,7-8H2,1H3. The Balaban J connectivity index is 2.03. The Kier molecular flexibility index (Phi) is 5.24. The molecule has 0 saturated carbocycles. The van der Waals surface area contributed by atoms with E-state index in [-0.39, 0.29) is 0 Å². The first-order valence-corrected chi connectivity index (χ1v) is 7.95. The summed E-state index contributed by atoms with van der Waals surface area (Å²) < 4.78 is 7.90. The third-order valence-electron chi connectivity index (χ3n) is 2.43. The van der Waals surface area contributed by atoms with Crippen LogP contribution < -0.4 is 10.1 Å². The quantitative estimate of drug-likeness (QED) is 0.807. The minimum Gasteiger partial charge on any atom is -0.487 e. The fraction of sp³-hybridized carbons (Fsp3) is 0.231. The molecule has 18 heavy (non-hydrogen) atoms. The van der Waals surface area contributed by atoms with E-state index in [0.29, 0.717) is 6.61 Å². The van der Waals surface area contributed by atoms with Gasteiger partial charge in [0, 0.05) is 11.0 Å². The number of hydrogen-bond acceptors (Lipinski definition) is 3. The molecule has 0 bridgehead atoms. The summed E-state index contributed by atoms with van der Waals surface area (Å²) in [5, 5.41) is 5.18. The maximum Gasteiger partial charge on any atom is 0.134 e. The van der Waals surface area contributed by atoms with Crippen molar-refractivity contribution in [3.05, 3.63) is 49.0 Å². The van der Waals surface area contributed by atoms with Crippen molar-refractivity contribution in [1.29, 1.82) is 0 Å². The molecule has 0 aliphatic rings. The van der Waals surface area contributed by atoms with Crippen LogP contribution in [0.1, 0.15) is 10.4 Å². The number of benzene rings is 1. The van der Waals surface area contributed by atoms with Gasteiger partial charge in [-0.25, -0.2) is 0 Å². The number of thiophene rings is 1. The van der Waals surface area contributed by atoms with Crippen LogP contribution in [0.5, 0.6) is 5.75 Å². The number of rotatable bonds is 5. The largest absolute Gasteiger partial charge is 0.487 e. The zero-order valence-electron chi connectivity index (χ0n) is 9.87. The Morgan fingerprint density at radius 3 is 2.67 bits per heavy atom. The predicted molar refractivity (Wildman–Crippen MR) is 83.3 cm³/mol. The van der Waals surface area contributed by atoms with Crippen molar-refractivity contribution in [2.75, 3.05) is 7.05 Å². The molecule has 0 fully saturated rings. The van der Waals surface area contributed by atoms with Gasteiger partial charge in [0.25, 0.3) is 0 Å². The highest BCUT2D eigenvalue weighted by atomic mass is 79.9. The van der Waals surface area contributed by atoms with E-state index in [1.54, 1.807) is 11.3 Å². The molecule has 96 valence electrons. The zero-order valence-corrected chi connectivity index (χ0v) is 13.9. The van der Waals surface area contributed by atoms with Gasteiger partial charge in [-0.15, -0.1) is 11.3 Å². The summed E-state index contributed by atoms with van der Waals surface area (Å²) in [6, 6.07) is 8.18. The molecule has 2 rings (SSSR count). The van der Waals surface area contributed by atoms with Crippen LogP contribution in [0.15, 0.2) is 38.6 Å². The summed E-state index contributed by atoms with van der Waals surface area (Å²) in [7, 11) is 1.94.